The molecule has 2 rings (SSSR count). The SMILES string of the molecule is Cc1ccc(C(CN)Nc2ccccc2Cl)c(Br)c1. The van der Waals surface area contributed by atoms with Gasteiger partial charge in [0.25, 0.3) is 0 Å². The Morgan fingerprint density at radius 3 is 2.63 bits per heavy atom. The van der Waals surface area contributed by atoms with Crippen molar-refractivity contribution < 1.29 is 0 Å². The van der Waals surface area contributed by atoms with Crippen LogP contribution in [0.5, 0.6) is 0 Å². The maximum atomic E-state index is 6.16. The Balaban J connectivity index is 2.28. The van der Waals surface area contributed by atoms with Crippen molar-refractivity contribution in [2.24, 2.45) is 5.73 Å². The van der Waals surface area contributed by atoms with Gasteiger partial charge < -0.3 is 11.1 Å². The molecule has 0 radical (unpaired) electrons. The van der Waals surface area contributed by atoms with Gasteiger partial charge in [0.2, 0.25) is 0 Å². The monoisotopic (exact) mass is 338 g/mol. The minimum Gasteiger partial charge on any atom is -0.376 e. The van der Waals surface area contributed by atoms with E-state index in [9.17, 15) is 0 Å². The Morgan fingerprint density at radius 2 is 2.00 bits per heavy atom. The van der Waals surface area contributed by atoms with Gasteiger partial charge in [-0.05, 0) is 36.2 Å². The molecule has 0 aliphatic rings. The summed E-state index contributed by atoms with van der Waals surface area (Å²) in [5.41, 5.74) is 9.12. The highest BCUT2D eigenvalue weighted by Gasteiger charge is 2.14. The van der Waals surface area contributed by atoms with Gasteiger partial charge in [0.05, 0.1) is 16.8 Å². The number of benzene rings is 2. The minimum atomic E-state index is 0.0230. The molecule has 0 aliphatic heterocycles. The van der Waals surface area contributed by atoms with Crippen molar-refractivity contribution in [3.63, 3.8) is 0 Å². The van der Waals surface area contributed by atoms with Gasteiger partial charge in [-0.1, -0.05) is 51.8 Å². The second-order valence-electron chi connectivity index (χ2n) is 4.44. The molecule has 0 saturated heterocycles. The maximum Gasteiger partial charge on any atom is 0.0647 e. The fourth-order valence-corrected chi connectivity index (χ4v) is 2.90. The van der Waals surface area contributed by atoms with E-state index >= 15 is 0 Å². The van der Waals surface area contributed by atoms with Crippen molar-refractivity contribution in [2.75, 3.05) is 11.9 Å². The van der Waals surface area contributed by atoms with Crippen LogP contribution in [0.2, 0.25) is 5.02 Å². The van der Waals surface area contributed by atoms with Gasteiger partial charge in [-0.3, -0.25) is 0 Å². The Kier molecular flexibility index (Phi) is 4.86. The third-order valence-corrected chi connectivity index (χ3v) is 3.99. The van der Waals surface area contributed by atoms with Crippen LogP contribution in [0.3, 0.4) is 0 Å². The lowest BCUT2D eigenvalue weighted by Gasteiger charge is -2.21. The molecule has 1 atom stereocenters. The maximum absolute atomic E-state index is 6.16. The van der Waals surface area contributed by atoms with E-state index in [0.717, 1.165) is 15.7 Å². The summed E-state index contributed by atoms with van der Waals surface area (Å²) < 4.78 is 1.06. The highest BCUT2D eigenvalue weighted by atomic mass is 79.9. The third kappa shape index (κ3) is 3.50. The van der Waals surface area contributed by atoms with Crippen molar-refractivity contribution in [2.45, 2.75) is 13.0 Å². The van der Waals surface area contributed by atoms with Crippen LogP contribution in [0.4, 0.5) is 5.69 Å². The van der Waals surface area contributed by atoms with E-state index in [2.05, 4.69) is 46.4 Å². The highest BCUT2D eigenvalue weighted by Crippen LogP contribution is 2.29. The molecule has 0 fully saturated rings. The van der Waals surface area contributed by atoms with Crippen molar-refractivity contribution in [1.82, 2.24) is 0 Å². The standard InChI is InChI=1S/C15H16BrClN2/c1-10-6-7-11(12(16)8-10)15(9-18)19-14-5-3-2-4-13(14)17/h2-8,15,19H,9,18H2,1H3. The molecule has 0 aromatic heterocycles. The molecular formula is C15H16BrClN2. The molecule has 0 saturated carbocycles. The lowest BCUT2D eigenvalue weighted by molar-refractivity contribution is 0.785. The van der Waals surface area contributed by atoms with Crippen LogP contribution in [0.25, 0.3) is 0 Å². The summed E-state index contributed by atoms with van der Waals surface area (Å²) in [5, 5.41) is 4.08. The smallest absolute Gasteiger partial charge is 0.0647 e. The predicted octanol–water partition coefficient (Wildman–Crippen LogP) is 4.52. The van der Waals surface area contributed by atoms with E-state index in [4.69, 9.17) is 17.3 Å². The number of aryl methyl sites for hydroxylation is 1. The number of anilines is 1. The van der Waals surface area contributed by atoms with E-state index in [0.29, 0.717) is 11.6 Å². The molecule has 4 heteroatoms. The summed E-state index contributed by atoms with van der Waals surface area (Å²) in [4.78, 5) is 0. The van der Waals surface area contributed by atoms with E-state index in [1.165, 1.54) is 5.56 Å². The average Bonchev–Trinajstić information content (AvgIpc) is 2.39. The van der Waals surface area contributed by atoms with E-state index in [1.54, 1.807) is 0 Å². The van der Waals surface area contributed by atoms with Gasteiger partial charge in [0.1, 0.15) is 0 Å². The van der Waals surface area contributed by atoms with E-state index in [-0.39, 0.29) is 6.04 Å². The number of nitrogens with two attached hydrogens (primary N) is 1. The summed E-state index contributed by atoms with van der Waals surface area (Å²) in [6.45, 7) is 2.56. The predicted molar refractivity (Wildman–Crippen MR) is 85.7 cm³/mol. The topological polar surface area (TPSA) is 38.0 Å². The summed E-state index contributed by atoms with van der Waals surface area (Å²) in [6, 6.07) is 14.0. The van der Waals surface area contributed by atoms with Crippen LogP contribution in [0.1, 0.15) is 17.2 Å². The molecule has 0 bridgehead atoms. The first-order valence-electron chi connectivity index (χ1n) is 6.09. The average molecular weight is 340 g/mol. The Labute approximate surface area is 127 Å². The van der Waals surface area contributed by atoms with Gasteiger partial charge in [-0.25, -0.2) is 0 Å². The largest absolute Gasteiger partial charge is 0.376 e. The second kappa shape index (κ2) is 6.42. The Morgan fingerprint density at radius 1 is 1.26 bits per heavy atom. The Hall–Kier alpha value is -1.03. The quantitative estimate of drug-likeness (QED) is 0.859. The third-order valence-electron chi connectivity index (χ3n) is 2.97. The molecule has 100 valence electrons. The molecule has 0 amide bonds. The first-order chi connectivity index (χ1) is 9.11. The zero-order valence-electron chi connectivity index (χ0n) is 10.7. The lowest BCUT2D eigenvalue weighted by Crippen LogP contribution is -2.21. The molecule has 2 aromatic carbocycles. The van der Waals surface area contributed by atoms with Crippen molar-refractivity contribution in [3.8, 4) is 0 Å². The number of hydrogen-bond donors (Lipinski definition) is 2. The summed E-state index contributed by atoms with van der Waals surface area (Å²) in [7, 11) is 0. The zero-order valence-corrected chi connectivity index (χ0v) is 13.0. The van der Waals surface area contributed by atoms with Crippen molar-refractivity contribution in [1.29, 1.82) is 0 Å². The van der Waals surface area contributed by atoms with Gasteiger partial charge in [0.15, 0.2) is 0 Å². The van der Waals surface area contributed by atoms with Crippen LogP contribution in [-0.4, -0.2) is 6.54 Å². The first-order valence-corrected chi connectivity index (χ1v) is 7.26. The van der Waals surface area contributed by atoms with Gasteiger partial charge >= 0.3 is 0 Å². The first kappa shape index (κ1) is 14.4. The molecule has 0 aliphatic carbocycles. The number of halogens is 2. The molecule has 0 spiro atoms. The molecular weight excluding hydrogens is 324 g/mol. The van der Waals surface area contributed by atoms with Crippen LogP contribution >= 0.6 is 27.5 Å². The number of nitrogens with one attached hydrogen (secondary N) is 1. The van der Waals surface area contributed by atoms with E-state index < -0.39 is 0 Å². The van der Waals surface area contributed by atoms with Crippen LogP contribution in [0, 0.1) is 6.92 Å². The fourth-order valence-electron chi connectivity index (χ4n) is 1.94. The molecule has 0 heterocycles. The van der Waals surface area contributed by atoms with Crippen LogP contribution in [-0.2, 0) is 0 Å². The minimum absolute atomic E-state index is 0.0230. The zero-order chi connectivity index (χ0) is 13.8. The lowest BCUT2D eigenvalue weighted by atomic mass is 10.0. The second-order valence-corrected chi connectivity index (χ2v) is 5.70. The van der Waals surface area contributed by atoms with Crippen molar-refractivity contribution in [3.05, 3.63) is 63.1 Å². The van der Waals surface area contributed by atoms with Gasteiger partial charge in [-0.15, -0.1) is 0 Å². The summed E-state index contributed by atoms with van der Waals surface area (Å²) >= 11 is 9.75. The molecule has 19 heavy (non-hydrogen) atoms. The van der Waals surface area contributed by atoms with Crippen LogP contribution in [0.15, 0.2) is 46.9 Å². The van der Waals surface area contributed by atoms with E-state index in [1.807, 2.05) is 24.3 Å². The molecule has 1 unspecified atom stereocenters. The number of hydrogen-bond acceptors (Lipinski definition) is 2. The Bertz CT molecular complexity index is 572. The molecule has 2 nitrogen and oxygen atoms in total. The summed E-state index contributed by atoms with van der Waals surface area (Å²) in [5.74, 6) is 0. The number of para-hydroxylation sites is 1. The normalized spacial score (nSPS) is 12.2. The van der Waals surface area contributed by atoms with Gasteiger partial charge in [0, 0.05) is 11.0 Å². The fraction of sp³-hybridized carbons (Fsp3) is 0.200. The summed E-state index contributed by atoms with van der Waals surface area (Å²) in [6.07, 6.45) is 0. The van der Waals surface area contributed by atoms with Crippen molar-refractivity contribution >= 4 is 33.2 Å². The molecule has 3 N–H and O–H groups in total. The molecule has 2 aromatic rings. The number of rotatable bonds is 4. The van der Waals surface area contributed by atoms with Crippen LogP contribution < -0.4 is 11.1 Å². The highest BCUT2D eigenvalue weighted by molar-refractivity contribution is 9.10. The van der Waals surface area contributed by atoms with Gasteiger partial charge in [-0.2, -0.15) is 0 Å².